The van der Waals surface area contributed by atoms with Gasteiger partial charge in [-0.2, -0.15) is 9.97 Å². The highest BCUT2D eigenvalue weighted by Crippen LogP contribution is 2.52. The molecule has 222 valence electrons. The third kappa shape index (κ3) is 3.68. The fourth-order valence-electron chi connectivity index (χ4n) is 6.47. The fourth-order valence-corrected chi connectivity index (χ4v) is 6.47. The molecule has 10 rings (SSSR count). The molecule has 0 unspecified atom stereocenters. The number of furan rings is 1. The van der Waals surface area contributed by atoms with Crippen LogP contribution in [0.4, 0.5) is 0 Å². The van der Waals surface area contributed by atoms with E-state index in [1.807, 2.05) is 24.3 Å². The second-order valence-corrected chi connectivity index (χ2v) is 11.2. The van der Waals surface area contributed by atoms with Gasteiger partial charge in [0.25, 0.3) is 0 Å². The van der Waals surface area contributed by atoms with Crippen LogP contribution in [0.25, 0.3) is 83.6 Å². The van der Waals surface area contributed by atoms with Crippen molar-refractivity contribution >= 4 is 43.7 Å². The minimum Gasteiger partial charge on any atom is -0.456 e. The molecule has 3 heterocycles. The standard InChI is InChI=1S/C42H28N4O/c1-42(2)32-17-9-6-16-30(32)37-33(42)22-21-29-27-14-7-10-18-34(27)46(38(29)37)41-44-39(25-12-4-3-5-13-25)43-40(45-41)26-20-23-36-31(24-26)28-15-8-11-19-35(28)47-36/h3-24H,1-2H3/i1D3,2D3,6D,7D,9D,10D,14D,16D,17D,18D,21D,22D. The number of aromatic nitrogens is 4. The molecule has 5 heteroatoms. The summed E-state index contributed by atoms with van der Waals surface area (Å²) in [6, 6.07) is 13.1. The van der Waals surface area contributed by atoms with Gasteiger partial charge in [0.2, 0.25) is 5.95 Å². The Bertz CT molecular complexity index is 3490. The van der Waals surface area contributed by atoms with Gasteiger partial charge in [0.1, 0.15) is 11.2 Å². The third-order valence-corrected chi connectivity index (χ3v) is 8.58. The summed E-state index contributed by atoms with van der Waals surface area (Å²) in [5, 5.41) is 0.827. The zero-order chi connectivity index (χ0) is 45.0. The van der Waals surface area contributed by atoms with Gasteiger partial charge in [0.15, 0.2) is 11.6 Å². The zero-order valence-corrected chi connectivity index (χ0v) is 24.1. The Kier molecular flexibility index (Phi) is 3.03. The van der Waals surface area contributed by atoms with Crippen molar-refractivity contribution in [3.05, 3.63) is 144 Å². The number of fused-ring (bicyclic) bond motifs is 10. The summed E-state index contributed by atoms with van der Waals surface area (Å²) < 4.78 is 151. The van der Waals surface area contributed by atoms with Gasteiger partial charge in [-0.05, 0) is 47.0 Å². The lowest BCUT2D eigenvalue weighted by molar-refractivity contribution is 0.660. The molecule has 1 aliphatic rings. The summed E-state index contributed by atoms with van der Waals surface area (Å²) in [5.41, 5.74) is -4.67. The molecule has 0 saturated carbocycles. The molecule has 0 spiro atoms. The summed E-state index contributed by atoms with van der Waals surface area (Å²) in [5.74, 6) is -0.239. The second-order valence-electron chi connectivity index (χ2n) is 11.2. The maximum atomic E-state index is 9.52. The maximum Gasteiger partial charge on any atom is 0.238 e. The highest BCUT2D eigenvalue weighted by atomic mass is 16.3. The van der Waals surface area contributed by atoms with Gasteiger partial charge in [-0.15, -0.1) is 0 Å². The Balaban J connectivity index is 1.47. The van der Waals surface area contributed by atoms with E-state index in [0.29, 0.717) is 27.7 Å². The molecule has 0 aliphatic heterocycles. The van der Waals surface area contributed by atoms with Crippen LogP contribution >= 0.6 is 0 Å². The van der Waals surface area contributed by atoms with E-state index in [4.69, 9.17) is 34.4 Å². The van der Waals surface area contributed by atoms with Gasteiger partial charge in [0.05, 0.1) is 24.7 Å². The first kappa shape index (κ1) is 15.0. The smallest absolute Gasteiger partial charge is 0.238 e. The molecule has 0 fully saturated rings. The molecule has 0 atom stereocenters. The summed E-state index contributed by atoms with van der Waals surface area (Å²) in [7, 11) is 0. The molecule has 0 bridgehead atoms. The zero-order valence-electron chi connectivity index (χ0n) is 40.1. The first-order chi connectivity index (χ1) is 29.7. The van der Waals surface area contributed by atoms with Crippen molar-refractivity contribution in [2.24, 2.45) is 0 Å². The van der Waals surface area contributed by atoms with E-state index in [1.165, 1.54) is 0 Å². The van der Waals surface area contributed by atoms with Gasteiger partial charge in [-0.3, -0.25) is 4.57 Å². The van der Waals surface area contributed by atoms with Crippen molar-refractivity contribution in [2.75, 3.05) is 0 Å². The number of nitrogens with zero attached hydrogens (tertiary/aromatic N) is 4. The molecule has 9 aromatic rings. The lowest BCUT2D eigenvalue weighted by Crippen LogP contribution is -2.14. The number of hydrogen-bond donors (Lipinski definition) is 0. The molecule has 47 heavy (non-hydrogen) atoms. The minimum atomic E-state index is -3.65. The molecule has 1 aliphatic carbocycles. The normalized spacial score (nSPS) is 18.9. The van der Waals surface area contributed by atoms with Crippen molar-refractivity contribution in [3.63, 3.8) is 0 Å². The molecule has 6 aromatic carbocycles. The average molecular weight is 621 g/mol. The molecule has 0 saturated heterocycles. The first-order valence-electron chi connectivity index (χ1n) is 22.6. The molecular weight excluding hydrogens is 576 g/mol. The van der Waals surface area contributed by atoms with Gasteiger partial charge < -0.3 is 4.42 Å². The van der Waals surface area contributed by atoms with E-state index >= 15 is 0 Å². The summed E-state index contributed by atoms with van der Waals surface area (Å²) in [6.45, 7) is -7.30. The van der Waals surface area contributed by atoms with Gasteiger partial charge in [0, 0.05) is 51.9 Å². The predicted octanol–water partition coefficient (Wildman–Crippen LogP) is 10.5. The highest BCUT2D eigenvalue weighted by molar-refractivity contribution is 6.15. The maximum absolute atomic E-state index is 9.52. The summed E-state index contributed by atoms with van der Waals surface area (Å²) in [4.78, 5) is 14.5. The number of benzene rings is 6. The topological polar surface area (TPSA) is 56.7 Å². The SMILES string of the molecule is [2H]c1c([2H])c([2H])c2c(c1[2H])-c1c(c([2H])c([2H])c3c4c([2H])c([2H])c([2H])c([2H])c4n(-c4nc(-c5ccccc5)nc(-c5ccc6oc7ccccc7c6c5)n4)c13)C2(C([2H])([2H])[2H])C([2H])([2H])[2H]. The Hall–Kier alpha value is -6.07. The monoisotopic (exact) mass is 620 g/mol. The molecule has 5 nitrogen and oxygen atoms in total. The van der Waals surface area contributed by atoms with E-state index in [1.54, 1.807) is 48.5 Å². The summed E-state index contributed by atoms with van der Waals surface area (Å²) in [6.07, 6.45) is 0. The Morgan fingerprint density at radius 2 is 1.40 bits per heavy atom. The van der Waals surface area contributed by atoms with Gasteiger partial charge >= 0.3 is 0 Å². The van der Waals surface area contributed by atoms with Crippen molar-refractivity contribution < 1.29 is 26.3 Å². The van der Waals surface area contributed by atoms with Crippen LogP contribution in [-0.2, 0) is 5.41 Å². The Morgan fingerprint density at radius 3 is 2.30 bits per heavy atom. The number of rotatable bonds is 3. The lowest BCUT2D eigenvalue weighted by Gasteiger charge is -2.21. The van der Waals surface area contributed by atoms with Crippen molar-refractivity contribution in [1.29, 1.82) is 0 Å². The largest absolute Gasteiger partial charge is 0.456 e. The van der Waals surface area contributed by atoms with Crippen molar-refractivity contribution in [1.82, 2.24) is 19.5 Å². The van der Waals surface area contributed by atoms with Gasteiger partial charge in [-0.25, -0.2) is 4.98 Å². The quantitative estimate of drug-likeness (QED) is 0.197. The molecular formula is C42H28N4O. The Labute approximate surface area is 293 Å². The Morgan fingerprint density at radius 1 is 0.638 bits per heavy atom. The van der Waals surface area contributed by atoms with E-state index < -0.39 is 102 Å². The van der Waals surface area contributed by atoms with Crippen LogP contribution in [0.3, 0.4) is 0 Å². The molecule has 0 radical (unpaired) electrons. The van der Waals surface area contributed by atoms with Crippen LogP contribution in [-0.4, -0.2) is 19.5 Å². The number of hydrogen-bond acceptors (Lipinski definition) is 4. The lowest BCUT2D eigenvalue weighted by atomic mass is 9.82. The molecule has 3 aromatic heterocycles. The van der Waals surface area contributed by atoms with Crippen LogP contribution in [0, 0.1) is 0 Å². The van der Waals surface area contributed by atoms with Crippen LogP contribution in [0.15, 0.2) is 138 Å². The molecule has 0 N–H and O–H groups in total. The van der Waals surface area contributed by atoms with E-state index in [-0.39, 0.29) is 39.4 Å². The van der Waals surface area contributed by atoms with E-state index in [2.05, 4.69) is 0 Å². The third-order valence-electron chi connectivity index (χ3n) is 8.58. The minimum absolute atomic E-state index is 0.0448. The summed E-state index contributed by atoms with van der Waals surface area (Å²) >= 11 is 0. The number of para-hydroxylation sites is 2. The van der Waals surface area contributed by atoms with Crippen molar-refractivity contribution in [2.45, 2.75) is 19.1 Å². The highest BCUT2D eigenvalue weighted by Gasteiger charge is 2.37. The van der Waals surface area contributed by atoms with E-state index in [9.17, 15) is 6.85 Å². The van der Waals surface area contributed by atoms with Crippen LogP contribution in [0.1, 0.15) is 46.8 Å². The second kappa shape index (κ2) is 9.47. The van der Waals surface area contributed by atoms with Gasteiger partial charge in [-0.1, -0.05) is 117 Å². The fraction of sp³-hybridized carbons (Fsp3) is 0.0714. The van der Waals surface area contributed by atoms with Crippen LogP contribution in [0.2, 0.25) is 0 Å². The van der Waals surface area contributed by atoms with Crippen LogP contribution in [0.5, 0.6) is 0 Å². The predicted molar refractivity (Wildman–Crippen MR) is 190 cm³/mol. The molecule has 0 amide bonds. The van der Waals surface area contributed by atoms with Crippen LogP contribution < -0.4 is 0 Å². The average Bonchev–Trinajstić information content (AvgIpc) is 3.92. The first-order valence-corrected chi connectivity index (χ1v) is 14.6. The van der Waals surface area contributed by atoms with E-state index in [0.717, 1.165) is 9.95 Å². The van der Waals surface area contributed by atoms with Crippen molar-refractivity contribution in [3.8, 4) is 39.9 Å².